The van der Waals surface area contributed by atoms with E-state index in [-0.39, 0.29) is 11.4 Å². The Labute approximate surface area is 134 Å². The lowest BCUT2D eigenvalue weighted by molar-refractivity contribution is 0.579. The van der Waals surface area contributed by atoms with Gasteiger partial charge < -0.3 is 0 Å². The number of aromatic nitrogens is 3. The Hall–Kier alpha value is -2.51. The molecule has 0 saturated carbocycles. The van der Waals surface area contributed by atoms with Gasteiger partial charge in [-0.1, -0.05) is 24.3 Å². The van der Waals surface area contributed by atoms with E-state index in [4.69, 9.17) is 0 Å². The van der Waals surface area contributed by atoms with E-state index in [1.807, 2.05) is 24.3 Å². The molecule has 2 aromatic heterocycles. The SMILES string of the molecule is Cn1nc(CNS(=O)(=O)c2ccccc2)cc1-c1ccccn1. The Balaban J connectivity index is 1.77. The summed E-state index contributed by atoms with van der Waals surface area (Å²) in [5, 5.41) is 4.33. The van der Waals surface area contributed by atoms with Crippen LogP contribution in [0.2, 0.25) is 0 Å². The molecular formula is C16H16N4O2S. The first-order chi connectivity index (χ1) is 11.1. The number of pyridine rings is 1. The zero-order valence-corrected chi connectivity index (χ0v) is 13.4. The number of rotatable bonds is 5. The van der Waals surface area contributed by atoms with Crippen molar-refractivity contribution in [3.05, 3.63) is 66.5 Å². The standard InChI is InChI=1S/C16H16N4O2S/c1-20-16(15-9-5-6-10-17-15)11-13(19-20)12-18-23(21,22)14-7-3-2-4-8-14/h2-11,18H,12H2,1H3. The summed E-state index contributed by atoms with van der Waals surface area (Å²) in [5.74, 6) is 0. The van der Waals surface area contributed by atoms with Crippen LogP contribution in [0.5, 0.6) is 0 Å². The molecule has 3 rings (SSSR count). The van der Waals surface area contributed by atoms with Gasteiger partial charge in [-0.3, -0.25) is 9.67 Å². The third-order valence-electron chi connectivity index (χ3n) is 3.35. The summed E-state index contributed by atoms with van der Waals surface area (Å²) in [6.07, 6.45) is 1.71. The maximum Gasteiger partial charge on any atom is 0.240 e. The first kappa shape index (κ1) is 15.4. The van der Waals surface area contributed by atoms with Crippen molar-refractivity contribution in [1.82, 2.24) is 19.5 Å². The molecule has 1 aromatic carbocycles. The number of benzene rings is 1. The molecule has 0 bridgehead atoms. The molecule has 0 unspecified atom stereocenters. The second-order valence-electron chi connectivity index (χ2n) is 5.00. The number of hydrogen-bond donors (Lipinski definition) is 1. The minimum absolute atomic E-state index is 0.123. The first-order valence-corrected chi connectivity index (χ1v) is 8.53. The van der Waals surface area contributed by atoms with Crippen molar-refractivity contribution in [2.45, 2.75) is 11.4 Å². The van der Waals surface area contributed by atoms with Crippen LogP contribution in [0.3, 0.4) is 0 Å². The lowest BCUT2D eigenvalue weighted by atomic mass is 10.2. The Kier molecular flexibility index (Phi) is 4.22. The summed E-state index contributed by atoms with van der Waals surface area (Å²) in [5.41, 5.74) is 2.26. The molecule has 6 nitrogen and oxygen atoms in total. The maximum atomic E-state index is 12.2. The fraction of sp³-hybridized carbons (Fsp3) is 0.125. The quantitative estimate of drug-likeness (QED) is 0.777. The average molecular weight is 328 g/mol. The zero-order valence-electron chi connectivity index (χ0n) is 12.5. The molecule has 3 aromatic rings. The monoisotopic (exact) mass is 328 g/mol. The van der Waals surface area contributed by atoms with Gasteiger partial charge in [0.05, 0.1) is 28.5 Å². The number of hydrogen-bond acceptors (Lipinski definition) is 4. The predicted octanol–water partition coefficient (Wildman–Crippen LogP) is 1.96. The van der Waals surface area contributed by atoms with Crippen molar-refractivity contribution < 1.29 is 8.42 Å². The fourth-order valence-electron chi connectivity index (χ4n) is 2.22. The van der Waals surface area contributed by atoms with Crippen LogP contribution in [0.15, 0.2) is 65.7 Å². The fourth-order valence-corrected chi connectivity index (χ4v) is 3.24. The molecule has 7 heteroatoms. The van der Waals surface area contributed by atoms with Crippen LogP contribution < -0.4 is 4.72 Å². The third kappa shape index (κ3) is 3.46. The Morgan fingerprint density at radius 2 is 1.83 bits per heavy atom. The highest BCUT2D eigenvalue weighted by Gasteiger charge is 2.15. The molecule has 0 aliphatic carbocycles. The number of sulfonamides is 1. The Morgan fingerprint density at radius 1 is 1.09 bits per heavy atom. The normalized spacial score (nSPS) is 11.5. The van der Waals surface area contributed by atoms with Crippen LogP contribution in [0.25, 0.3) is 11.4 Å². The summed E-state index contributed by atoms with van der Waals surface area (Å²) in [6.45, 7) is 0.123. The van der Waals surface area contributed by atoms with Gasteiger partial charge in [-0.15, -0.1) is 0 Å². The molecule has 0 amide bonds. The van der Waals surface area contributed by atoms with Gasteiger partial charge in [0, 0.05) is 13.2 Å². The van der Waals surface area contributed by atoms with Crippen molar-refractivity contribution in [2.75, 3.05) is 0 Å². The average Bonchev–Trinajstić information content (AvgIpc) is 2.96. The van der Waals surface area contributed by atoms with Crippen molar-refractivity contribution in [2.24, 2.45) is 7.05 Å². The molecule has 0 aliphatic rings. The molecule has 1 N–H and O–H groups in total. The summed E-state index contributed by atoms with van der Waals surface area (Å²) in [7, 11) is -1.74. The van der Waals surface area contributed by atoms with E-state index in [9.17, 15) is 8.42 Å². The largest absolute Gasteiger partial charge is 0.266 e. The topological polar surface area (TPSA) is 76.9 Å². The second-order valence-corrected chi connectivity index (χ2v) is 6.76. The highest BCUT2D eigenvalue weighted by atomic mass is 32.2. The molecule has 118 valence electrons. The zero-order chi connectivity index (χ0) is 16.3. The van der Waals surface area contributed by atoms with Crippen molar-refractivity contribution in [3.63, 3.8) is 0 Å². The van der Waals surface area contributed by atoms with Crippen molar-refractivity contribution in [3.8, 4) is 11.4 Å². The van der Waals surface area contributed by atoms with E-state index < -0.39 is 10.0 Å². The van der Waals surface area contributed by atoms with Gasteiger partial charge in [0.2, 0.25) is 10.0 Å². The summed E-state index contributed by atoms with van der Waals surface area (Å²) in [6, 6.07) is 15.7. The van der Waals surface area contributed by atoms with Crippen LogP contribution in [-0.2, 0) is 23.6 Å². The van der Waals surface area contributed by atoms with E-state index in [0.29, 0.717) is 5.69 Å². The highest BCUT2D eigenvalue weighted by Crippen LogP contribution is 2.17. The summed E-state index contributed by atoms with van der Waals surface area (Å²) < 4.78 is 28.7. The highest BCUT2D eigenvalue weighted by molar-refractivity contribution is 7.89. The van der Waals surface area contributed by atoms with Gasteiger partial charge in [0.1, 0.15) is 0 Å². The van der Waals surface area contributed by atoms with E-state index in [1.165, 1.54) is 0 Å². The second kappa shape index (κ2) is 6.31. The van der Waals surface area contributed by atoms with Gasteiger partial charge in [-0.2, -0.15) is 5.10 Å². The number of aryl methyl sites for hydroxylation is 1. The van der Waals surface area contributed by atoms with Crippen LogP contribution >= 0.6 is 0 Å². The van der Waals surface area contributed by atoms with Crippen LogP contribution in [0.4, 0.5) is 0 Å². The van der Waals surface area contributed by atoms with Gasteiger partial charge in [-0.05, 0) is 30.3 Å². The van der Waals surface area contributed by atoms with Gasteiger partial charge in [-0.25, -0.2) is 13.1 Å². The van der Waals surface area contributed by atoms with E-state index in [0.717, 1.165) is 11.4 Å². The minimum Gasteiger partial charge on any atom is -0.266 e. The van der Waals surface area contributed by atoms with Crippen LogP contribution in [-0.4, -0.2) is 23.2 Å². The predicted molar refractivity (Wildman–Crippen MR) is 86.9 cm³/mol. The molecule has 0 radical (unpaired) electrons. The molecular weight excluding hydrogens is 312 g/mol. The molecule has 0 atom stereocenters. The lowest BCUT2D eigenvalue weighted by Crippen LogP contribution is -2.23. The van der Waals surface area contributed by atoms with Gasteiger partial charge in [0.15, 0.2) is 0 Å². The lowest BCUT2D eigenvalue weighted by Gasteiger charge is -2.04. The molecule has 0 aliphatic heterocycles. The molecule has 0 saturated heterocycles. The van der Waals surface area contributed by atoms with E-state index in [1.54, 1.807) is 48.3 Å². The summed E-state index contributed by atoms with van der Waals surface area (Å²) in [4.78, 5) is 4.52. The molecule has 2 heterocycles. The molecule has 23 heavy (non-hydrogen) atoms. The molecule has 0 spiro atoms. The van der Waals surface area contributed by atoms with Crippen molar-refractivity contribution >= 4 is 10.0 Å². The smallest absolute Gasteiger partial charge is 0.240 e. The number of nitrogens with zero attached hydrogens (tertiary/aromatic N) is 3. The van der Waals surface area contributed by atoms with Crippen molar-refractivity contribution in [1.29, 1.82) is 0 Å². The van der Waals surface area contributed by atoms with Gasteiger partial charge >= 0.3 is 0 Å². The Morgan fingerprint density at radius 3 is 2.52 bits per heavy atom. The van der Waals surface area contributed by atoms with Crippen LogP contribution in [0.1, 0.15) is 5.69 Å². The Bertz CT molecular complexity index is 890. The maximum absolute atomic E-state index is 12.2. The number of nitrogens with one attached hydrogen (secondary N) is 1. The molecule has 0 fully saturated rings. The first-order valence-electron chi connectivity index (χ1n) is 7.05. The van der Waals surface area contributed by atoms with Crippen LogP contribution in [0, 0.1) is 0 Å². The van der Waals surface area contributed by atoms with Gasteiger partial charge in [0.25, 0.3) is 0 Å². The summed E-state index contributed by atoms with van der Waals surface area (Å²) >= 11 is 0. The third-order valence-corrected chi connectivity index (χ3v) is 4.77. The van der Waals surface area contributed by atoms with E-state index in [2.05, 4.69) is 14.8 Å². The van der Waals surface area contributed by atoms with E-state index >= 15 is 0 Å². The minimum atomic E-state index is -3.54.